The van der Waals surface area contributed by atoms with Gasteiger partial charge in [-0.25, -0.2) is 9.50 Å². The van der Waals surface area contributed by atoms with Gasteiger partial charge in [-0.2, -0.15) is 5.10 Å². The van der Waals surface area contributed by atoms with E-state index in [9.17, 15) is 4.79 Å². The highest BCUT2D eigenvalue weighted by atomic mass is 16.5. The van der Waals surface area contributed by atoms with Gasteiger partial charge in [0.05, 0.1) is 32.2 Å². The number of ether oxygens (including phenoxy) is 2. The molecule has 0 radical (unpaired) electrons. The van der Waals surface area contributed by atoms with Crippen molar-refractivity contribution in [1.29, 1.82) is 0 Å². The van der Waals surface area contributed by atoms with E-state index < -0.39 is 0 Å². The predicted octanol–water partition coefficient (Wildman–Crippen LogP) is 2.46. The summed E-state index contributed by atoms with van der Waals surface area (Å²) in [5, 5.41) is 14.2. The normalized spacial score (nSPS) is 21.2. The molecule has 3 N–H and O–H groups in total. The SMILES string of the molecule is COc1cc(N2CCC(N3CCOCC3)CC2)ccc1NC(=O)c1cnn2ccc(N[C@@H]3CCCNC3)nc12. The number of hydrogen-bond donors (Lipinski definition) is 3. The molecule has 3 saturated heterocycles. The third-order valence-electron chi connectivity index (χ3n) is 8.09. The van der Waals surface area contributed by atoms with Crippen molar-refractivity contribution >= 4 is 28.7 Å². The molecule has 2 aromatic heterocycles. The molecular weight excluding hydrogens is 496 g/mol. The minimum absolute atomic E-state index is 0.272. The molecule has 6 rings (SSSR count). The molecule has 1 amide bonds. The number of carbonyl (C=O) groups excluding carboxylic acids is 1. The van der Waals surface area contributed by atoms with E-state index in [-0.39, 0.29) is 5.91 Å². The van der Waals surface area contributed by atoms with E-state index in [2.05, 4.69) is 36.9 Å². The highest BCUT2D eigenvalue weighted by Crippen LogP contribution is 2.32. The molecule has 0 aliphatic carbocycles. The number of anilines is 3. The first kappa shape index (κ1) is 25.8. The van der Waals surface area contributed by atoms with Gasteiger partial charge in [0.25, 0.3) is 5.91 Å². The number of carbonyl (C=O) groups is 1. The van der Waals surface area contributed by atoms with E-state index >= 15 is 0 Å². The maximum atomic E-state index is 13.3. The Morgan fingerprint density at radius 3 is 2.74 bits per heavy atom. The van der Waals surface area contributed by atoms with Gasteiger partial charge in [-0.05, 0) is 50.4 Å². The van der Waals surface area contributed by atoms with E-state index in [1.165, 1.54) is 0 Å². The van der Waals surface area contributed by atoms with Crippen LogP contribution in [0.15, 0.2) is 36.7 Å². The van der Waals surface area contributed by atoms with Crippen LogP contribution in [0.2, 0.25) is 0 Å². The van der Waals surface area contributed by atoms with Gasteiger partial charge in [-0.3, -0.25) is 9.69 Å². The van der Waals surface area contributed by atoms with E-state index in [1.54, 1.807) is 17.8 Å². The quantitative estimate of drug-likeness (QED) is 0.421. The molecule has 3 aromatic rings. The number of morpholine rings is 1. The van der Waals surface area contributed by atoms with Gasteiger partial charge in [-0.15, -0.1) is 0 Å². The van der Waals surface area contributed by atoms with Crippen LogP contribution in [0.1, 0.15) is 36.0 Å². The summed E-state index contributed by atoms with van der Waals surface area (Å²) in [5.41, 5.74) is 2.66. The lowest BCUT2D eigenvalue weighted by Gasteiger charge is -2.40. The van der Waals surface area contributed by atoms with Crippen molar-refractivity contribution in [3.8, 4) is 5.75 Å². The number of nitrogens with one attached hydrogen (secondary N) is 3. The predicted molar refractivity (Wildman–Crippen MR) is 151 cm³/mol. The smallest absolute Gasteiger partial charge is 0.261 e. The Labute approximate surface area is 228 Å². The van der Waals surface area contributed by atoms with Gasteiger partial charge in [0, 0.05) is 62.8 Å². The maximum Gasteiger partial charge on any atom is 0.261 e. The number of fused-ring (bicyclic) bond motifs is 1. The molecule has 0 spiro atoms. The Bertz CT molecular complexity index is 1280. The number of hydrogen-bond acceptors (Lipinski definition) is 9. The summed E-state index contributed by atoms with van der Waals surface area (Å²) < 4.78 is 12.8. The number of rotatable bonds is 7. The van der Waals surface area contributed by atoms with E-state index in [1.807, 2.05) is 24.4 Å². The van der Waals surface area contributed by atoms with Crippen molar-refractivity contribution in [3.63, 3.8) is 0 Å². The monoisotopic (exact) mass is 534 g/mol. The first-order valence-electron chi connectivity index (χ1n) is 14.1. The summed E-state index contributed by atoms with van der Waals surface area (Å²) in [7, 11) is 1.63. The average molecular weight is 535 g/mol. The second-order valence-electron chi connectivity index (χ2n) is 10.5. The summed E-state index contributed by atoms with van der Waals surface area (Å²) in [5.74, 6) is 1.10. The van der Waals surface area contributed by atoms with Crippen LogP contribution in [0, 0.1) is 0 Å². The van der Waals surface area contributed by atoms with Gasteiger partial charge in [0.2, 0.25) is 0 Å². The minimum atomic E-state index is -0.272. The second-order valence-corrected chi connectivity index (χ2v) is 10.5. The summed E-state index contributed by atoms with van der Waals surface area (Å²) in [4.78, 5) is 23.0. The fourth-order valence-corrected chi connectivity index (χ4v) is 5.89. The van der Waals surface area contributed by atoms with Crippen molar-refractivity contribution in [2.24, 2.45) is 0 Å². The molecule has 3 aliphatic rings. The Morgan fingerprint density at radius 1 is 1.13 bits per heavy atom. The largest absolute Gasteiger partial charge is 0.494 e. The third kappa shape index (κ3) is 5.80. The number of aromatic nitrogens is 3. The molecular formula is C28H38N8O3. The highest BCUT2D eigenvalue weighted by molar-refractivity contribution is 6.08. The number of methoxy groups -OCH3 is 1. The van der Waals surface area contributed by atoms with Crippen molar-refractivity contribution in [3.05, 3.63) is 42.2 Å². The minimum Gasteiger partial charge on any atom is -0.494 e. The van der Waals surface area contributed by atoms with Crippen LogP contribution in [-0.4, -0.2) is 97.1 Å². The standard InChI is InChI=1S/C28H38N8O3/c1-38-25-17-22(34-10-6-21(7-11-34)35-13-15-39-16-14-35)4-5-24(25)32-28(37)23-19-30-36-12-8-26(33-27(23)36)31-20-3-2-9-29-18-20/h4-5,8,12,17,19-21,29H,2-3,6-7,9-11,13-16,18H2,1H3,(H,31,33)(H,32,37)/t20-/m1/s1. The van der Waals surface area contributed by atoms with Crippen molar-refractivity contribution < 1.29 is 14.3 Å². The molecule has 5 heterocycles. The maximum absolute atomic E-state index is 13.3. The van der Waals surface area contributed by atoms with Crippen LogP contribution in [0.4, 0.5) is 17.2 Å². The molecule has 0 saturated carbocycles. The molecule has 1 aromatic carbocycles. The molecule has 3 fully saturated rings. The van der Waals surface area contributed by atoms with Crippen LogP contribution in [0.5, 0.6) is 5.75 Å². The van der Waals surface area contributed by atoms with E-state index in [4.69, 9.17) is 14.5 Å². The summed E-state index contributed by atoms with van der Waals surface area (Å²) >= 11 is 0. The molecule has 0 bridgehead atoms. The zero-order valence-corrected chi connectivity index (χ0v) is 22.6. The molecule has 208 valence electrons. The lowest BCUT2D eigenvalue weighted by atomic mass is 10.0. The molecule has 0 unspecified atom stereocenters. The van der Waals surface area contributed by atoms with Crippen LogP contribution >= 0.6 is 0 Å². The third-order valence-corrected chi connectivity index (χ3v) is 8.09. The number of nitrogens with zero attached hydrogens (tertiary/aromatic N) is 5. The van der Waals surface area contributed by atoms with Crippen molar-refractivity contribution in [2.45, 2.75) is 37.8 Å². The molecule has 39 heavy (non-hydrogen) atoms. The lowest BCUT2D eigenvalue weighted by molar-refractivity contribution is 0.0115. The fraction of sp³-hybridized carbons (Fsp3) is 0.536. The van der Waals surface area contributed by atoms with E-state index in [0.29, 0.717) is 34.7 Å². The number of piperidine rings is 2. The van der Waals surface area contributed by atoms with Gasteiger partial charge in [-0.1, -0.05) is 0 Å². The topological polar surface area (TPSA) is 108 Å². The summed E-state index contributed by atoms with van der Waals surface area (Å²) in [6, 6.07) is 8.83. The van der Waals surface area contributed by atoms with Gasteiger partial charge in [0.1, 0.15) is 17.1 Å². The molecule has 11 heteroatoms. The number of benzene rings is 1. The molecule has 1 atom stereocenters. The number of amides is 1. The highest BCUT2D eigenvalue weighted by Gasteiger charge is 2.26. The van der Waals surface area contributed by atoms with Crippen molar-refractivity contribution in [2.75, 3.05) is 75.1 Å². The van der Waals surface area contributed by atoms with Crippen LogP contribution in [0.3, 0.4) is 0 Å². The second kappa shape index (κ2) is 11.8. The van der Waals surface area contributed by atoms with Crippen LogP contribution < -0.4 is 25.6 Å². The average Bonchev–Trinajstić information content (AvgIpc) is 3.42. The first-order chi connectivity index (χ1) is 19.2. The molecule has 3 aliphatic heterocycles. The zero-order valence-electron chi connectivity index (χ0n) is 22.6. The lowest BCUT2D eigenvalue weighted by Crippen LogP contribution is -2.49. The van der Waals surface area contributed by atoms with Gasteiger partial charge < -0.3 is 30.3 Å². The van der Waals surface area contributed by atoms with Crippen molar-refractivity contribution in [1.82, 2.24) is 24.8 Å². The fourth-order valence-electron chi connectivity index (χ4n) is 5.89. The Balaban J connectivity index is 1.12. The Kier molecular flexibility index (Phi) is 7.80. The molecule has 11 nitrogen and oxygen atoms in total. The van der Waals surface area contributed by atoms with Gasteiger partial charge in [0.15, 0.2) is 5.65 Å². The first-order valence-corrected chi connectivity index (χ1v) is 14.1. The Morgan fingerprint density at radius 2 is 1.97 bits per heavy atom. The zero-order chi connectivity index (χ0) is 26.6. The van der Waals surface area contributed by atoms with Crippen LogP contribution in [-0.2, 0) is 4.74 Å². The van der Waals surface area contributed by atoms with Gasteiger partial charge >= 0.3 is 0 Å². The summed E-state index contributed by atoms with van der Waals surface area (Å²) in [6.45, 7) is 7.70. The Hall–Kier alpha value is -3.41. The summed E-state index contributed by atoms with van der Waals surface area (Å²) in [6.07, 6.45) is 7.88. The van der Waals surface area contributed by atoms with E-state index in [0.717, 1.165) is 89.7 Å². The van der Waals surface area contributed by atoms with Crippen LogP contribution in [0.25, 0.3) is 5.65 Å².